The van der Waals surface area contributed by atoms with Crippen LogP contribution in [-0.2, 0) is 9.59 Å². The molecule has 0 saturated carbocycles. The van der Waals surface area contributed by atoms with Gasteiger partial charge in [0, 0.05) is 24.3 Å². The number of hydrogen-bond acceptors (Lipinski definition) is 3. The van der Waals surface area contributed by atoms with E-state index in [-0.39, 0.29) is 24.2 Å². The fraction of sp³-hybridized carbons (Fsp3) is 0.231. The number of amides is 2. The van der Waals surface area contributed by atoms with E-state index in [1.54, 1.807) is 4.90 Å². The van der Waals surface area contributed by atoms with Crippen LogP contribution in [-0.4, -0.2) is 18.4 Å². The first-order chi connectivity index (χ1) is 14.9. The van der Waals surface area contributed by atoms with Crippen LogP contribution in [0, 0.1) is 26.7 Å². The molecule has 5 heteroatoms. The fourth-order valence-electron chi connectivity index (χ4n) is 3.67. The van der Waals surface area contributed by atoms with E-state index in [4.69, 9.17) is 4.74 Å². The maximum absolute atomic E-state index is 12.8. The second-order valence-electron chi connectivity index (χ2n) is 8.06. The van der Waals surface area contributed by atoms with Crippen molar-refractivity contribution in [1.29, 1.82) is 0 Å². The average Bonchev–Trinajstić information content (AvgIpc) is 3.15. The zero-order valence-corrected chi connectivity index (χ0v) is 18.0. The molecule has 1 aliphatic heterocycles. The first-order valence-corrected chi connectivity index (χ1v) is 10.4. The van der Waals surface area contributed by atoms with Crippen LogP contribution >= 0.6 is 0 Å². The van der Waals surface area contributed by atoms with Gasteiger partial charge in [0.25, 0.3) is 0 Å². The SMILES string of the molecule is Cc1ccc(N2C[C@@H](C(=O)Nc3ccc(Oc4ccccc4C)cc3)CC2=O)cc1C. The molecule has 0 aromatic heterocycles. The lowest BCUT2D eigenvalue weighted by Gasteiger charge is -2.18. The molecule has 1 saturated heterocycles. The zero-order valence-electron chi connectivity index (χ0n) is 18.0. The number of nitrogens with one attached hydrogen (secondary N) is 1. The van der Waals surface area contributed by atoms with Gasteiger partial charge < -0.3 is 15.0 Å². The number of anilines is 2. The van der Waals surface area contributed by atoms with Crippen LogP contribution < -0.4 is 15.0 Å². The van der Waals surface area contributed by atoms with E-state index in [1.165, 1.54) is 5.56 Å². The molecule has 5 nitrogen and oxygen atoms in total. The maximum Gasteiger partial charge on any atom is 0.229 e. The highest BCUT2D eigenvalue weighted by Gasteiger charge is 2.35. The van der Waals surface area contributed by atoms with Crippen molar-refractivity contribution in [2.75, 3.05) is 16.8 Å². The zero-order chi connectivity index (χ0) is 22.0. The number of para-hydroxylation sites is 1. The summed E-state index contributed by atoms with van der Waals surface area (Å²) >= 11 is 0. The Morgan fingerprint density at radius 3 is 2.39 bits per heavy atom. The van der Waals surface area contributed by atoms with Gasteiger partial charge in [-0.1, -0.05) is 24.3 Å². The molecular weight excluding hydrogens is 388 g/mol. The summed E-state index contributed by atoms with van der Waals surface area (Å²) in [5, 5.41) is 2.93. The molecule has 0 radical (unpaired) electrons. The lowest BCUT2D eigenvalue weighted by molar-refractivity contribution is -0.122. The van der Waals surface area contributed by atoms with Gasteiger partial charge in [-0.2, -0.15) is 0 Å². The molecule has 1 fully saturated rings. The molecular formula is C26H26N2O3. The lowest BCUT2D eigenvalue weighted by atomic mass is 10.1. The highest BCUT2D eigenvalue weighted by Crippen LogP contribution is 2.29. The topological polar surface area (TPSA) is 58.6 Å². The van der Waals surface area contributed by atoms with E-state index < -0.39 is 0 Å². The third-order valence-corrected chi connectivity index (χ3v) is 5.74. The third-order valence-electron chi connectivity index (χ3n) is 5.74. The number of aryl methyl sites for hydroxylation is 3. The van der Waals surface area contributed by atoms with Gasteiger partial charge in [0.05, 0.1) is 5.92 Å². The summed E-state index contributed by atoms with van der Waals surface area (Å²) in [7, 11) is 0. The minimum absolute atomic E-state index is 0.0228. The van der Waals surface area contributed by atoms with Gasteiger partial charge in [0.1, 0.15) is 11.5 Å². The number of hydrogen-bond donors (Lipinski definition) is 1. The summed E-state index contributed by atoms with van der Waals surface area (Å²) < 4.78 is 5.90. The quantitative estimate of drug-likeness (QED) is 0.608. The molecule has 0 spiro atoms. The first kappa shape index (κ1) is 20.7. The van der Waals surface area contributed by atoms with Crippen molar-refractivity contribution in [3.8, 4) is 11.5 Å². The van der Waals surface area contributed by atoms with E-state index >= 15 is 0 Å². The molecule has 1 N–H and O–H groups in total. The Morgan fingerprint density at radius 1 is 0.935 bits per heavy atom. The van der Waals surface area contributed by atoms with Crippen molar-refractivity contribution >= 4 is 23.2 Å². The van der Waals surface area contributed by atoms with Crippen molar-refractivity contribution in [2.24, 2.45) is 5.92 Å². The van der Waals surface area contributed by atoms with Gasteiger partial charge in [0.2, 0.25) is 11.8 Å². The second-order valence-corrected chi connectivity index (χ2v) is 8.06. The Bertz CT molecular complexity index is 1120. The molecule has 3 aromatic carbocycles. The Hall–Kier alpha value is -3.60. The monoisotopic (exact) mass is 414 g/mol. The normalized spacial score (nSPS) is 15.8. The van der Waals surface area contributed by atoms with Crippen LogP contribution in [0.2, 0.25) is 0 Å². The summed E-state index contributed by atoms with van der Waals surface area (Å²) in [6, 6.07) is 21.0. The second kappa shape index (κ2) is 8.64. The van der Waals surface area contributed by atoms with Crippen LogP contribution in [0.5, 0.6) is 11.5 Å². The van der Waals surface area contributed by atoms with E-state index in [9.17, 15) is 9.59 Å². The number of carbonyl (C=O) groups is 2. The Morgan fingerprint density at radius 2 is 1.68 bits per heavy atom. The number of rotatable bonds is 5. The number of carbonyl (C=O) groups excluding carboxylic acids is 2. The molecule has 0 aliphatic carbocycles. The molecule has 1 heterocycles. The first-order valence-electron chi connectivity index (χ1n) is 10.4. The summed E-state index contributed by atoms with van der Waals surface area (Å²) in [4.78, 5) is 27.0. The molecule has 31 heavy (non-hydrogen) atoms. The summed E-state index contributed by atoms with van der Waals surface area (Å²) in [5.41, 5.74) is 4.89. The minimum atomic E-state index is -0.378. The van der Waals surface area contributed by atoms with Gasteiger partial charge in [-0.05, 0) is 79.9 Å². The maximum atomic E-state index is 12.8. The summed E-state index contributed by atoms with van der Waals surface area (Å²) in [6.45, 7) is 6.45. The van der Waals surface area contributed by atoms with E-state index in [2.05, 4.69) is 5.32 Å². The average molecular weight is 415 g/mol. The molecule has 0 unspecified atom stereocenters. The number of benzene rings is 3. The van der Waals surface area contributed by atoms with Crippen LogP contribution in [0.3, 0.4) is 0 Å². The van der Waals surface area contributed by atoms with Crippen molar-refractivity contribution < 1.29 is 14.3 Å². The largest absolute Gasteiger partial charge is 0.457 e. The van der Waals surface area contributed by atoms with Gasteiger partial charge >= 0.3 is 0 Å². The summed E-state index contributed by atoms with van der Waals surface area (Å²) in [5.74, 6) is 0.953. The summed E-state index contributed by atoms with van der Waals surface area (Å²) in [6.07, 6.45) is 0.216. The molecule has 3 aromatic rings. The predicted octanol–water partition coefficient (Wildman–Crippen LogP) is 5.40. The molecule has 0 bridgehead atoms. The van der Waals surface area contributed by atoms with Crippen molar-refractivity contribution in [1.82, 2.24) is 0 Å². The van der Waals surface area contributed by atoms with E-state index in [0.717, 1.165) is 22.6 Å². The van der Waals surface area contributed by atoms with Crippen molar-refractivity contribution in [2.45, 2.75) is 27.2 Å². The van der Waals surface area contributed by atoms with Crippen molar-refractivity contribution in [3.05, 3.63) is 83.4 Å². The predicted molar refractivity (Wildman–Crippen MR) is 123 cm³/mol. The van der Waals surface area contributed by atoms with E-state index in [1.807, 2.05) is 87.5 Å². The number of ether oxygens (including phenoxy) is 1. The highest BCUT2D eigenvalue weighted by atomic mass is 16.5. The third kappa shape index (κ3) is 4.61. The Kier molecular flexibility index (Phi) is 5.76. The van der Waals surface area contributed by atoms with Crippen LogP contribution in [0.1, 0.15) is 23.1 Å². The lowest BCUT2D eigenvalue weighted by Crippen LogP contribution is -2.28. The number of nitrogens with zero attached hydrogens (tertiary/aromatic N) is 1. The van der Waals surface area contributed by atoms with Crippen LogP contribution in [0.4, 0.5) is 11.4 Å². The smallest absolute Gasteiger partial charge is 0.229 e. The standard InChI is InChI=1S/C26H26N2O3/c1-17-8-11-22(14-19(17)3)28-16-20(15-25(28)29)26(30)27-21-9-12-23(13-10-21)31-24-7-5-4-6-18(24)2/h4-14,20H,15-16H2,1-3H3,(H,27,30)/t20-/m0/s1. The van der Waals surface area contributed by atoms with Crippen LogP contribution in [0.15, 0.2) is 66.7 Å². The molecule has 1 aliphatic rings. The Labute approximate surface area is 182 Å². The van der Waals surface area contributed by atoms with Gasteiger partial charge in [-0.25, -0.2) is 0 Å². The van der Waals surface area contributed by atoms with Gasteiger partial charge in [-0.3, -0.25) is 9.59 Å². The minimum Gasteiger partial charge on any atom is -0.457 e. The molecule has 4 rings (SSSR count). The Balaban J connectivity index is 1.38. The van der Waals surface area contributed by atoms with Gasteiger partial charge in [0.15, 0.2) is 0 Å². The molecule has 1 atom stereocenters. The van der Waals surface area contributed by atoms with Gasteiger partial charge in [-0.15, -0.1) is 0 Å². The molecule has 158 valence electrons. The van der Waals surface area contributed by atoms with Crippen LogP contribution in [0.25, 0.3) is 0 Å². The van der Waals surface area contributed by atoms with E-state index in [0.29, 0.717) is 18.0 Å². The van der Waals surface area contributed by atoms with Crippen molar-refractivity contribution in [3.63, 3.8) is 0 Å². The fourth-order valence-corrected chi connectivity index (χ4v) is 3.67. The molecule has 2 amide bonds. The highest BCUT2D eigenvalue weighted by molar-refractivity contribution is 6.03.